The zero-order valence-corrected chi connectivity index (χ0v) is 16.2. The maximum Gasteiger partial charge on any atom is 0.251 e. The van der Waals surface area contributed by atoms with Crippen molar-refractivity contribution in [3.8, 4) is 5.75 Å². The summed E-state index contributed by atoms with van der Waals surface area (Å²) in [6, 6.07) is 7.60. The van der Waals surface area contributed by atoms with Crippen molar-refractivity contribution in [1.29, 1.82) is 0 Å². The van der Waals surface area contributed by atoms with Gasteiger partial charge >= 0.3 is 0 Å². The quantitative estimate of drug-likeness (QED) is 0.861. The maximum absolute atomic E-state index is 12.2. The monoisotopic (exact) mass is 369 g/mol. The third-order valence-electron chi connectivity index (χ3n) is 4.98. The number of hydrogen-bond donors (Lipinski definition) is 2. The first-order valence-corrected chi connectivity index (χ1v) is 9.31. The Morgan fingerprint density at radius 1 is 1.26 bits per heavy atom. The van der Waals surface area contributed by atoms with Crippen LogP contribution in [0.4, 0.5) is 11.8 Å². The van der Waals surface area contributed by atoms with Crippen LogP contribution in [0.2, 0.25) is 0 Å². The third kappa shape index (κ3) is 4.13. The molecule has 1 atom stereocenters. The SMILES string of the molecule is CNC(=O)c1ccc(OC)c([C@@H]2CCCCCN2c2cc(C)nc(N)n2)c1. The van der Waals surface area contributed by atoms with Gasteiger partial charge in [-0.3, -0.25) is 4.79 Å². The van der Waals surface area contributed by atoms with E-state index in [2.05, 4.69) is 20.2 Å². The van der Waals surface area contributed by atoms with Crippen molar-refractivity contribution in [2.75, 3.05) is 31.3 Å². The Labute approximate surface area is 159 Å². The highest BCUT2D eigenvalue weighted by Gasteiger charge is 2.27. The average Bonchev–Trinajstić information content (AvgIpc) is 2.92. The van der Waals surface area contributed by atoms with E-state index in [4.69, 9.17) is 10.5 Å². The molecule has 3 N–H and O–H groups in total. The number of carbonyl (C=O) groups excluding carboxylic acids is 1. The van der Waals surface area contributed by atoms with Gasteiger partial charge in [0, 0.05) is 36.5 Å². The number of anilines is 2. The second-order valence-corrected chi connectivity index (χ2v) is 6.82. The predicted octanol–water partition coefficient (Wildman–Crippen LogP) is 2.86. The van der Waals surface area contributed by atoms with Gasteiger partial charge in [-0.05, 0) is 38.0 Å². The number of methoxy groups -OCH3 is 1. The summed E-state index contributed by atoms with van der Waals surface area (Å²) in [6.45, 7) is 2.79. The second-order valence-electron chi connectivity index (χ2n) is 6.82. The van der Waals surface area contributed by atoms with E-state index in [1.54, 1.807) is 20.2 Å². The molecule has 27 heavy (non-hydrogen) atoms. The molecular formula is C20H27N5O2. The van der Waals surface area contributed by atoms with Crippen LogP contribution < -0.4 is 20.7 Å². The van der Waals surface area contributed by atoms with Crippen LogP contribution in [0.1, 0.15) is 53.3 Å². The fourth-order valence-corrected chi connectivity index (χ4v) is 3.71. The van der Waals surface area contributed by atoms with E-state index in [0.717, 1.165) is 55.1 Å². The van der Waals surface area contributed by atoms with E-state index >= 15 is 0 Å². The normalized spacial score (nSPS) is 17.3. The highest BCUT2D eigenvalue weighted by Crippen LogP contribution is 2.38. The summed E-state index contributed by atoms with van der Waals surface area (Å²) in [4.78, 5) is 23.1. The lowest BCUT2D eigenvalue weighted by Gasteiger charge is -2.32. The molecule has 0 unspecified atom stereocenters. The number of aryl methyl sites for hydroxylation is 1. The third-order valence-corrected chi connectivity index (χ3v) is 4.98. The zero-order chi connectivity index (χ0) is 19.4. The second kappa shape index (κ2) is 8.24. The fraction of sp³-hybridized carbons (Fsp3) is 0.450. The first-order chi connectivity index (χ1) is 13.0. The fourth-order valence-electron chi connectivity index (χ4n) is 3.71. The van der Waals surface area contributed by atoms with E-state index in [0.29, 0.717) is 5.56 Å². The summed E-state index contributed by atoms with van der Waals surface area (Å²) < 4.78 is 5.62. The lowest BCUT2D eigenvalue weighted by molar-refractivity contribution is 0.0963. The summed E-state index contributed by atoms with van der Waals surface area (Å²) in [5.41, 5.74) is 8.36. The minimum atomic E-state index is -0.110. The largest absolute Gasteiger partial charge is 0.496 e. The molecule has 2 heterocycles. The molecule has 0 aliphatic carbocycles. The minimum Gasteiger partial charge on any atom is -0.496 e. The topological polar surface area (TPSA) is 93.4 Å². The summed E-state index contributed by atoms with van der Waals surface area (Å²) in [6.07, 6.45) is 4.30. The molecule has 0 radical (unpaired) electrons. The number of aromatic nitrogens is 2. The number of benzene rings is 1. The van der Waals surface area contributed by atoms with E-state index in [1.165, 1.54) is 0 Å². The number of nitrogens with zero attached hydrogens (tertiary/aromatic N) is 3. The van der Waals surface area contributed by atoms with Gasteiger partial charge in [-0.15, -0.1) is 0 Å². The number of nitrogens with two attached hydrogens (primary N) is 1. The Morgan fingerprint density at radius 2 is 2.07 bits per heavy atom. The van der Waals surface area contributed by atoms with Crippen LogP contribution in [0.3, 0.4) is 0 Å². The molecule has 0 bridgehead atoms. The van der Waals surface area contributed by atoms with Gasteiger partial charge in [-0.25, -0.2) is 4.98 Å². The molecule has 1 aromatic carbocycles. The van der Waals surface area contributed by atoms with E-state index in [-0.39, 0.29) is 17.9 Å². The van der Waals surface area contributed by atoms with Gasteiger partial charge in [0.25, 0.3) is 5.91 Å². The van der Waals surface area contributed by atoms with Gasteiger partial charge in [0.15, 0.2) is 0 Å². The molecule has 1 aliphatic heterocycles. The standard InChI is InChI=1S/C20H27N5O2/c1-13-11-18(24-20(21)23-13)25-10-6-4-5-7-16(25)15-12-14(19(26)22-2)8-9-17(15)27-3/h8-9,11-12,16H,4-7,10H2,1-3H3,(H,22,26)(H2,21,23,24)/t16-/m0/s1. The number of nitrogen functional groups attached to an aromatic ring is 1. The number of rotatable bonds is 4. The van der Waals surface area contributed by atoms with Crippen molar-refractivity contribution in [2.45, 2.75) is 38.6 Å². The van der Waals surface area contributed by atoms with E-state index in [1.807, 2.05) is 25.1 Å². The van der Waals surface area contributed by atoms with Crippen LogP contribution in [0.5, 0.6) is 5.75 Å². The van der Waals surface area contributed by atoms with Crippen LogP contribution >= 0.6 is 0 Å². The van der Waals surface area contributed by atoms with Crippen LogP contribution in [-0.4, -0.2) is 36.6 Å². The van der Waals surface area contributed by atoms with Gasteiger partial charge in [-0.1, -0.05) is 12.8 Å². The van der Waals surface area contributed by atoms with Gasteiger partial charge in [0.2, 0.25) is 5.95 Å². The molecule has 0 spiro atoms. The van der Waals surface area contributed by atoms with Crippen molar-refractivity contribution in [2.24, 2.45) is 0 Å². The molecule has 0 saturated carbocycles. The lowest BCUT2D eigenvalue weighted by atomic mass is 9.97. The molecular weight excluding hydrogens is 342 g/mol. The van der Waals surface area contributed by atoms with Gasteiger partial charge in [0.05, 0.1) is 13.2 Å². The molecule has 1 aliphatic rings. The number of hydrogen-bond acceptors (Lipinski definition) is 6. The molecule has 1 saturated heterocycles. The Hall–Kier alpha value is -2.83. The molecule has 3 rings (SSSR count). The summed E-state index contributed by atoms with van der Waals surface area (Å²) in [7, 11) is 3.29. The predicted molar refractivity (Wildman–Crippen MR) is 106 cm³/mol. The van der Waals surface area contributed by atoms with Gasteiger partial charge < -0.3 is 20.7 Å². The summed E-state index contributed by atoms with van der Waals surface area (Å²) >= 11 is 0. The molecule has 1 fully saturated rings. The first-order valence-electron chi connectivity index (χ1n) is 9.31. The van der Waals surface area contributed by atoms with Crippen LogP contribution in [-0.2, 0) is 0 Å². The van der Waals surface area contributed by atoms with Gasteiger partial charge in [0.1, 0.15) is 11.6 Å². The van der Waals surface area contributed by atoms with E-state index in [9.17, 15) is 4.79 Å². The highest BCUT2D eigenvalue weighted by molar-refractivity contribution is 5.94. The highest BCUT2D eigenvalue weighted by atomic mass is 16.5. The maximum atomic E-state index is 12.2. The first kappa shape index (κ1) is 18.9. The minimum absolute atomic E-state index is 0.0563. The van der Waals surface area contributed by atoms with Gasteiger partial charge in [-0.2, -0.15) is 4.98 Å². The van der Waals surface area contributed by atoms with Crippen LogP contribution in [0.15, 0.2) is 24.3 Å². The van der Waals surface area contributed by atoms with Crippen molar-refractivity contribution in [1.82, 2.24) is 15.3 Å². The number of ether oxygens (including phenoxy) is 1. The smallest absolute Gasteiger partial charge is 0.251 e. The average molecular weight is 369 g/mol. The Morgan fingerprint density at radius 3 is 2.78 bits per heavy atom. The molecule has 7 heteroatoms. The van der Waals surface area contributed by atoms with Crippen molar-refractivity contribution in [3.63, 3.8) is 0 Å². The molecule has 2 aromatic rings. The summed E-state index contributed by atoms with van der Waals surface area (Å²) in [5, 5.41) is 2.69. The molecule has 7 nitrogen and oxygen atoms in total. The van der Waals surface area contributed by atoms with Crippen LogP contribution in [0, 0.1) is 6.92 Å². The Bertz CT molecular complexity index is 804. The molecule has 1 aromatic heterocycles. The van der Waals surface area contributed by atoms with Crippen LogP contribution in [0.25, 0.3) is 0 Å². The number of amides is 1. The number of nitrogens with one attached hydrogen (secondary N) is 1. The van der Waals surface area contributed by atoms with Crippen molar-refractivity contribution >= 4 is 17.7 Å². The van der Waals surface area contributed by atoms with Crippen molar-refractivity contribution < 1.29 is 9.53 Å². The van der Waals surface area contributed by atoms with Crippen molar-refractivity contribution in [3.05, 3.63) is 41.1 Å². The molecule has 144 valence electrons. The Balaban J connectivity index is 2.09. The Kier molecular flexibility index (Phi) is 5.78. The zero-order valence-electron chi connectivity index (χ0n) is 16.2. The summed E-state index contributed by atoms with van der Waals surface area (Å²) in [5.74, 6) is 1.76. The van der Waals surface area contributed by atoms with E-state index < -0.39 is 0 Å². The lowest BCUT2D eigenvalue weighted by Crippen LogP contribution is -2.30. The number of carbonyl (C=O) groups is 1. The molecule has 1 amide bonds.